The molecule has 0 amide bonds. The van der Waals surface area contributed by atoms with Crippen LogP contribution in [0, 0.1) is 17.2 Å². The summed E-state index contributed by atoms with van der Waals surface area (Å²) in [7, 11) is 1.24. The lowest BCUT2D eigenvalue weighted by Crippen LogP contribution is -2.27. The zero-order chi connectivity index (χ0) is 9.19. The minimum atomic E-state index is -1.30. The number of rotatable bonds is 3. The minimum absolute atomic E-state index is 0.205. The number of hydrogen-bond donors (Lipinski definition) is 0. The van der Waals surface area contributed by atoms with Gasteiger partial charge in [0, 0.05) is 12.3 Å². The van der Waals surface area contributed by atoms with Crippen molar-refractivity contribution in [2.75, 3.05) is 7.11 Å². The van der Waals surface area contributed by atoms with E-state index in [0.29, 0.717) is 0 Å². The Hall–Kier alpha value is -1.12. The van der Waals surface area contributed by atoms with Gasteiger partial charge in [-0.3, -0.25) is 0 Å². The molecular formula is C7H9NO4. The van der Waals surface area contributed by atoms with E-state index in [1.807, 2.05) is 6.07 Å². The van der Waals surface area contributed by atoms with Gasteiger partial charge in [-0.2, -0.15) is 15.0 Å². The highest BCUT2D eigenvalue weighted by Crippen LogP contribution is 2.37. The van der Waals surface area contributed by atoms with Crippen LogP contribution in [-0.2, 0) is 19.3 Å². The number of methoxy groups -OCH3 is 1. The maximum absolute atomic E-state index is 11.0. The second kappa shape index (κ2) is 3.09. The van der Waals surface area contributed by atoms with Gasteiger partial charge < -0.3 is 4.74 Å². The molecule has 1 rings (SSSR count). The Morgan fingerprint density at radius 1 is 1.75 bits per heavy atom. The molecule has 0 bridgehead atoms. The Morgan fingerprint density at radius 2 is 2.33 bits per heavy atom. The molecule has 1 aliphatic heterocycles. The number of carbonyl (C=O) groups excluding carboxylic acids is 1. The van der Waals surface area contributed by atoms with Gasteiger partial charge in [-0.25, -0.2) is 4.79 Å². The van der Waals surface area contributed by atoms with Crippen molar-refractivity contribution < 1.29 is 19.3 Å². The van der Waals surface area contributed by atoms with Gasteiger partial charge in [0.25, 0.3) is 0 Å². The zero-order valence-electron chi connectivity index (χ0n) is 6.86. The van der Waals surface area contributed by atoms with Gasteiger partial charge in [0.15, 0.2) is 0 Å². The van der Waals surface area contributed by atoms with Crippen LogP contribution >= 0.6 is 0 Å². The molecule has 0 aliphatic carbocycles. The molecule has 1 fully saturated rings. The van der Waals surface area contributed by atoms with E-state index in [1.165, 1.54) is 7.11 Å². The summed E-state index contributed by atoms with van der Waals surface area (Å²) in [6.45, 7) is 1.68. The van der Waals surface area contributed by atoms with Gasteiger partial charge in [0.1, 0.15) is 0 Å². The second-order valence-electron chi connectivity index (χ2n) is 2.65. The van der Waals surface area contributed by atoms with Crippen LogP contribution in [-0.4, -0.2) is 18.9 Å². The Bertz CT molecular complexity index is 228. The van der Waals surface area contributed by atoms with Crippen molar-refractivity contribution in [2.24, 2.45) is 5.92 Å². The van der Waals surface area contributed by atoms with Gasteiger partial charge in [-0.15, -0.1) is 0 Å². The number of esters is 1. The highest BCUT2D eigenvalue weighted by Gasteiger charge is 2.58. The fraction of sp³-hybridized carbons (Fsp3) is 0.714. The van der Waals surface area contributed by atoms with E-state index in [2.05, 4.69) is 14.5 Å². The molecule has 12 heavy (non-hydrogen) atoms. The molecule has 0 aromatic rings. The smallest absolute Gasteiger partial charge is 0.372 e. The Morgan fingerprint density at radius 3 is 2.67 bits per heavy atom. The van der Waals surface area contributed by atoms with E-state index < -0.39 is 11.8 Å². The lowest BCUT2D eigenvalue weighted by atomic mass is 10.0. The third-order valence-corrected chi connectivity index (χ3v) is 1.58. The Kier molecular flexibility index (Phi) is 2.31. The van der Waals surface area contributed by atoms with Crippen LogP contribution in [0.3, 0.4) is 0 Å². The number of ether oxygens (including phenoxy) is 1. The molecule has 0 saturated carbocycles. The van der Waals surface area contributed by atoms with E-state index in [0.717, 1.165) is 0 Å². The third kappa shape index (κ3) is 1.55. The van der Waals surface area contributed by atoms with Crippen molar-refractivity contribution in [3.05, 3.63) is 0 Å². The van der Waals surface area contributed by atoms with E-state index in [-0.39, 0.29) is 12.3 Å². The summed E-state index contributed by atoms with van der Waals surface area (Å²) in [5.41, 5.74) is 0. The topological polar surface area (TPSA) is 75.2 Å². The van der Waals surface area contributed by atoms with E-state index in [9.17, 15) is 4.79 Å². The van der Waals surface area contributed by atoms with Crippen LogP contribution in [0.1, 0.15) is 13.3 Å². The van der Waals surface area contributed by atoms with Crippen molar-refractivity contribution in [1.82, 2.24) is 0 Å². The largest absolute Gasteiger partial charge is 0.465 e. The van der Waals surface area contributed by atoms with E-state index in [4.69, 9.17) is 5.26 Å². The number of hydrogen-bond acceptors (Lipinski definition) is 5. The van der Waals surface area contributed by atoms with E-state index >= 15 is 0 Å². The lowest BCUT2D eigenvalue weighted by Gasteiger charge is -2.04. The molecule has 1 unspecified atom stereocenters. The Balaban J connectivity index is 2.51. The van der Waals surface area contributed by atoms with Crippen molar-refractivity contribution in [1.29, 1.82) is 5.26 Å². The van der Waals surface area contributed by atoms with Crippen LogP contribution in [0.5, 0.6) is 0 Å². The van der Waals surface area contributed by atoms with Crippen LogP contribution < -0.4 is 0 Å². The number of carbonyl (C=O) groups is 1. The fourth-order valence-electron chi connectivity index (χ4n) is 0.874. The number of nitrogens with zero attached hydrogens (tertiary/aromatic N) is 1. The maximum atomic E-state index is 11.0. The molecule has 1 heterocycles. The second-order valence-corrected chi connectivity index (χ2v) is 2.65. The molecule has 5 heteroatoms. The minimum Gasteiger partial charge on any atom is -0.465 e. The van der Waals surface area contributed by atoms with Crippen molar-refractivity contribution in [2.45, 2.75) is 19.1 Å². The molecule has 66 valence electrons. The first kappa shape index (κ1) is 8.97. The SMILES string of the molecule is COC(=O)C1(CC(C)C#N)OO1. The van der Waals surface area contributed by atoms with Gasteiger partial charge in [0.05, 0.1) is 13.2 Å². The predicted octanol–water partition coefficient (Wildman–Crippen LogP) is 0.367. The summed E-state index contributed by atoms with van der Waals surface area (Å²) in [6, 6.07) is 1.97. The standard InChI is InChI=1S/C7H9NO4/c1-5(4-8)3-7(11-12-7)6(9)10-2/h5H,3H2,1-2H3. The molecule has 0 aromatic carbocycles. The molecule has 5 nitrogen and oxygen atoms in total. The fourth-order valence-corrected chi connectivity index (χ4v) is 0.874. The Labute approximate surface area is 69.7 Å². The van der Waals surface area contributed by atoms with E-state index in [1.54, 1.807) is 6.92 Å². The van der Waals surface area contributed by atoms with Crippen molar-refractivity contribution >= 4 is 5.97 Å². The monoisotopic (exact) mass is 171 g/mol. The maximum Gasteiger partial charge on any atom is 0.372 e. The highest BCUT2D eigenvalue weighted by atomic mass is 17.4. The first-order valence-corrected chi connectivity index (χ1v) is 3.49. The third-order valence-electron chi connectivity index (χ3n) is 1.58. The molecule has 1 aliphatic rings. The predicted molar refractivity (Wildman–Crippen MR) is 36.3 cm³/mol. The molecule has 1 atom stereocenters. The molecular weight excluding hydrogens is 162 g/mol. The van der Waals surface area contributed by atoms with Crippen LogP contribution in [0.4, 0.5) is 0 Å². The quantitative estimate of drug-likeness (QED) is 0.348. The molecule has 0 spiro atoms. The van der Waals surface area contributed by atoms with Crippen LogP contribution in [0.25, 0.3) is 0 Å². The summed E-state index contributed by atoms with van der Waals surface area (Å²) in [6.07, 6.45) is 0.205. The molecule has 0 radical (unpaired) electrons. The first-order valence-electron chi connectivity index (χ1n) is 3.49. The average Bonchev–Trinajstić information content (AvgIpc) is 2.84. The summed E-state index contributed by atoms with van der Waals surface area (Å²) in [4.78, 5) is 20.0. The van der Waals surface area contributed by atoms with Gasteiger partial charge >= 0.3 is 11.8 Å². The summed E-state index contributed by atoms with van der Waals surface area (Å²) in [5.74, 6) is -2.19. The van der Waals surface area contributed by atoms with Gasteiger partial charge in [0.2, 0.25) is 0 Å². The number of nitriles is 1. The zero-order valence-corrected chi connectivity index (χ0v) is 6.86. The summed E-state index contributed by atoms with van der Waals surface area (Å²) >= 11 is 0. The van der Waals surface area contributed by atoms with Crippen LogP contribution in [0.15, 0.2) is 0 Å². The van der Waals surface area contributed by atoms with Gasteiger partial charge in [-0.05, 0) is 6.92 Å². The van der Waals surface area contributed by atoms with Gasteiger partial charge in [-0.1, -0.05) is 0 Å². The molecule has 0 aromatic heterocycles. The normalized spacial score (nSPS) is 20.8. The average molecular weight is 171 g/mol. The first-order chi connectivity index (χ1) is 5.64. The summed E-state index contributed by atoms with van der Waals surface area (Å²) < 4.78 is 4.42. The van der Waals surface area contributed by atoms with Crippen molar-refractivity contribution in [3.8, 4) is 6.07 Å². The highest BCUT2D eigenvalue weighted by molar-refractivity contribution is 5.79. The molecule has 0 N–H and O–H groups in total. The molecule has 1 saturated heterocycles. The van der Waals surface area contributed by atoms with Crippen molar-refractivity contribution in [3.63, 3.8) is 0 Å². The lowest BCUT2D eigenvalue weighted by molar-refractivity contribution is -0.148. The summed E-state index contributed by atoms with van der Waals surface area (Å²) in [5, 5.41) is 8.47. The van der Waals surface area contributed by atoms with Crippen LogP contribution in [0.2, 0.25) is 0 Å².